The third-order valence-electron chi connectivity index (χ3n) is 8.46. The summed E-state index contributed by atoms with van der Waals surface area (Å²) >= 11 is 4.06. The third-order valence-corrected chi connectivity index (χ3v) is 8.85. The van der Waals surface area contributed by atoms with Gasteiger partial charge < -0.3 is 59.1 Å². The zero-order valence-electron chi connectivity index (χ0n) is 28.8. The van der Waals surface area contributed by atoms with Crippen LogP contribution >= 0.6 is 12.6 Å². The molecule has 20 nitrogen and oxygen atoms in total. The SMILES string of the molecule is CC(C)[C@H](NC(=O)CNC(=O)[C@H](CCCN=C(N)N)NC(=O)[C@@H]1CCCN1C(=O)[C@@H](N)CS)C(=O)N[C@@H](CC(N)=O)C(=O)N1CCC[C@H]1C(=O)O. The first-order chi connectivity index (χ1) is 24.0. The molecule has 2 aliphatic heterocycles. The molecule has 2 rings (SSSR count). The van der Waals surface area contributed by atoms with E-state index in [0.717, 1.165) is 4.90 Å². The fourth-order valence-electron chi connectivity index (χ4n) is 5.83. The highest BCUT2D eigenvalue weighted by atomic mass is 32.1. The van der Waals surface area contributed by atoms with E-state index in [1.165, 1.54) is 4.90 Å². The molecule has 0 bridgehead atoms. The molecule has 0 saturated carbocycles. The molecule has 13 N–H and O–H groups in total. The molecule has 0 aromatic heterocycles. The third kappa shape index (κ3) is 12.9. The Balaban J connectivity index is 2.10. The molecule has 2 fully saturated rings. The number of likely N-dealkylation sites (tertiary alicyclic amines) is 2. The van der Waals surface area contributed by atoms with Gasteiger partial charge in [-0.1, -0.05) is 13.8 Å². The van der Waals surface area contributed by atoms with Gasteiger partial charge in [-0.05, 0) is 44.4 Å². The largest absolute Gasteiger partial charge is 0.480 e. The Bertz CT molecular complexity index is 1340. The lowest BCUT2D eigenvalue weighted by molar-refractivity contribution is -0.149. The minimum Gasteiger partial charge on any atom is -0.480 e. The number of aliphatic imine (C=N–C) groups is 1. The first kappa shape index (κ1) is 42.5. The van der Waals surface area contributed by atoms with Crippen LogP contribution in [0.2, 0.25) is 0 Å². The molecule has 2 aliphatic rings. The predicted octanol–water partition coefficient (Wildman–Crippen LogP) is -4.53. The Morgan fingerprint density at radius 1 is 0.863 bits per heavy atom. The Kier molecular flexibility index (Phi) is 16.9. The van der Waals surface area contributed by atoms with Gasteiger partial charge in [0, 0.05) is 25.4 Å². The number of guanidine groups is 1. The lowest BCUT2D eigenvalue weighted by atomic mass is 10.0. The van der Waals surface area contributed by atoms with Crippen LogP contribution in [0.5, 0.6) is 0 Å². The summed E-state index contributed by atoms with van der Waals surface area (Å²) in [5.74, 6) is -6.94. The topological polar surface area (TPSA) is 328 Å². The normalized spacial score (nSPS) is 19.3. The number of carbonyl (C=O) groups is 8. The van der Waals surface area contributed by atoms with Gasteiger partial charge in [-0.2, -0.15) is 12.6 Å². The van der Waals surface area contributed by atoms with Crippen molar-refractivity contribution in [3.05, 3.63) is 0 Å². The van der Waals surface area contributed by atoms with Crippen LogP contribution in [0.25, 0.3) is 0 Å². The van der Waals surface area contributed by atoms with Gasteiger partial charge in [-0.15, -0.1) is 0 Å². The molecule has 51 heavy (non-hydrogen) atoms. The number of amides is 7. The van der Waals surface area contributed by atoms with E-state index in [0.29, 0.717) is 25.8 Å². The van der Waals surface area contributed by atoms with Crippen molar-refractivity contribution < 1.29 is 43.5 Å². The van der Waals surface area contributed by atoms with E-state index in [4.69, 9.17) is 22.9 Å². The zero-order valence-corrected chi connectivity index (χ0v) is 29.7. The minimum absolute atomic E-state index is 0.0683. The zero-order chi connectivity index (χ0) is 38.4. The Labute approximate surface area is 301 Å². The van der Waals surface area contributed by atoms with Crippen LogP contribution in [-0.4, -0.2) is 136 Å². The second kappa shape index (κ2) is 20.3. The van der Waals surface area contributed by atoms with Crippen LogP contribution in [0.1, 0.15) is 58.8 Å². The van der Waals surface area contributed by atoms with Gasteiger partial charge in [0.05, 0.1) is 19.0 Å². The number of rotatable bonds is 19. The summed E-state index contributed by atoms with van der Waals surface area (Å²) in [5, 5.41) is 19.5. The maximum Gasteiger partial charge on any atom is 0.326 e. The van der Waals surface area contributed by atoms with Crippen LogP contribution in [0.3, 0.4) is 0 Å². The van der Waals surface area contributed by atoms with Crippen LogP contribution in [0.4, 0.5) is 0 Å². The summed E-state index contributed by atoms with van der Waals surface area (Å²) in [4.78, 5) is 108. The second-order valence-electron chi connectivity index (χ2n) is 12.8. The van der Waals surface area contributed by atoms with Crippen molar-refractivity contribution in [2.75, 3.05) is 31.9 Å². The fourth-order valence-corrected chi connectivity index (χ4v) is 5.99. The fraction of sp³-hybridized carbons (Fsp3) is 0.700. The molecule has 2 heterocycles. The number of nitrogens with two attached hydrogens (primary N) is 4. The van der Waals surface area contributed by atoms with Gasteiger partial charge in [-0.3, -0.25) is 38.6 Å². The number of hydrogen-bond acceptors (Lipinski definition) is 11. The maximum absolute atomic E-state index is 13.3. The molecule has 0 aliphatic carbocycles. The van der Waals surface area contributed by atoms with Gasteiger partial charge in [0.25, 0.3) is 0 Å². The number of carboxylic acid groups (broad SMARTS) is 1. The molecule has 0 spiro atoms. The van der Waals surface area contributed by atoms with Crippen molar-refractivity contribution in [1.82, 2.24) is 31.1 Å². The number of primary amides is 1. The average molecular weight is 742 g/mol. The summed E-state index contributed by atoms with van der Waals surface area (Å²) in [7, 11) is 0. The van der Waals surface area contributed by atoms with Gasteiger partial charge >= 0.3 is 5.97 Å². The molecule has 0 unspecified atom stereocenters. The summed E-state index contributed by atoms with van der Waals surface area (Å²) in [6.07, 6.45) is 1.26. The van der Waals surface area contributed by atoms with E-state index in [2.05, 4.69) is 38.9 Å². The molecule has 286 valence electrons. The molecule has 0 aromatic carbocycles. The lowest BCUT2D eigenvalue weighted by Gasteiger charge is -2.29. The molecule has 21 heteroatoms. The van der Waals surface area contributed by atoms with Crippen molar-refractivity contribution in [3.8, 4) is 0 Å². The number of nitrogens with zero attached hydrogens (tertiary/aromatic N) is 3. The van der Waals surface area contributed by atoms with Gasteiger partial charge in [0.15, 0.2) is 5.96 Å². The average Bonchev–Trinajstić information content (AvgIpc) is 3.76. The van der Waals surface area contributed by atoms with Crippen LogP contribution in [-0.2, 0) is 38.4 Å². The molecule has 7 amide bonds. The van der Waals surface area contributed by atoms with Crippen molar-refractivity contribution in [3.63, 3.8) is 0 Å². The van der Waals surface area contributed by atoms with Crippen LogP contribution in [0, 0.1) is 5.92 Å². The predicted molar refractivity (Wildman–Crippen MR) is 186 cm³/mol. The molecule has 2 saturated heterocycles. The first-order valence-electron chi connectivity index (χ1n) is 16.7. The Hall–Kier alpha value is -4.66. The Morgan fingerprint density at radius 3 is 2.02 bits per heavy atom. The molecule has 6 atom stereocenters. The highest BCUT2D eigenvalue weighted by Crippen LogP contribution is 2.20. The summed E-state index contributed by atoms with van der Waals surface area (Å²) < 4.78 is 0. The molecular formula is C30H51N11O9S. The summed E-state index contributed by atoms with van der Waals surface area (Å²) in [6, 6.07) is -6.76. The smallest absolute Gasteiger partial charge is 0.326 e. The quantitative estimate of drug-likeness (QED) is 0.0259. The number of nitrogens with one attached hydrogen (secondary N) is 4. The number of thiol groups is 1. The number of aliphatic carboxylic acids is 1. The molecule has 0 aromatic rings. The second-order valence-corrected chi connectivity index (χ2v) is 13.1. The standard InChI is InChI=1S/C30H51N11O9S/c1-15(2)23(26(46)38-18(12-21(32)42)28(48)41-11-5-8-20(41)29(49)50)39-22(43)13-36-24(44)17(6-3-9-35-30(33)34)37-25(45)19-7-4-10-40(19)27(47)16(31)14-51/h15-20,23,51H,3-14,31H2,1-2H3,(H2,32,42)(H,36,44)(H,37,45)(H,38,46)(H,39,43)(H,49,50)(H4,33,34,35)/t16-,17-,18-,19-,20-,23-/m0/s1. The van der Waals surface area contributed by atoms with E-state index in [1.54, 1.807) is 13.8 Å². The monoisotopic (exact) mass is 741 g/mol. The van der Waals surface area contributed by atoms with Gasteiger partial charge in [0.2, 0.25) is 41.4 Å². The van der Waals surface area contributed by atoms with E-state index in [9.17, 15) is 43.5 Å². The lowest BCUT2D eigenvalue weighted by Crippen LogP contribution is -2.58. The number of carbonyl (C=O) groups excluding carboxylic acids is 7. The van der Waals surface area contributed by atoms with Crippen molar-refractivity contribution >= 4 is 65.9 Å². The maximum atomic E-state index is 13.3. The van der Waals surface area contributed by atoms with Crippen LogP contribution in [0.15, 0.2) is 4.99 Å². The minimum atomic E-state index is -1.48. The number of carboxylic acids is 1. The summed E-state index contributed by atoms with van der Waals surface area (Å²) in [5.41, 5.74) is 21.9. The van der Waals surface area contributed by atoms with Crippen LogP contribution < -0.4 is 44.2 Å². The van der Waals surface area contributed by atoms with E-state index < -0.39 is 102 Å². The van der Waals surface area contributed by atoms with E-state index in [-0.39, 0.29) is 44.1 Å². The summed E-state index contributed by atoms with van der Waals surface area (Å²) in [6.45, 7) is 3.17. The van der Waals surface area contributed by atoms with Crippen molar-refractivity contribution in [2.24, 2.45) is 33.8 Å². The van der Waals surface area contributed by atoms with E-state index >= 15 is 0 Å². The van der Waals surface area contributed by atoms with Crippen molar-refractivity contribution in [1.29, 1.82) is 0 Å². The Morgan fingerprint density at radius 2 is 1.47 bits per heavy atom. The molecule has 0 radical (unpaired) electrons. The van der Waals surface area contributed by atoms with E-state index in [1.807, 2.05) is 0 Å². The highest BCUT2D eigenvalue weighted by molar-refractivity contribution is 7.80. The van der Waals surface area contributed by atoms with Crippen molar-refractivity contribution in [2.45, 2.75) is 95.0 Å². The molecular weight excluding hydrogens is 690 g/mol. The van der Waals surface area contributed by atoms with Gasteiger partial charge in [-0.25, -0.2) is 4.79 Å². The number of hydrogen-bond donors (Lipinski definition) is 10. The highest BCUT2D eigenvalue weighted by Gasteiger charge is 2.40. The first-order valence-corrected chi connectivity index (χ1v) is 17.3. The van der Waals surface area contributed by atoms with Gasteiger partial charge in [0.1, 0.15) is 30.2 Å².